The summed E-state index contributed by atoms with van der Waals surface area (Å²) in [5.74, 6) is 0.859. The summed E-state index contributed by atoms with van der Waals surface area (Å²) in [6.07, 6.45) is 3.19. The molecule has 3 N–H and O–H groups in total. The van der Waals surface area contributed by atoms with E-state index < -0.39 is 6.09 Å². The number of rotatable bonds is 7. The molecule has 1 saturated heterocycles. The monoisotopic (exact) mass is 382 g/mol. The van der Waals surface area contributed by atoms with E-state index in [-0.39, 0.29) is 5.91 Å². The summed E-state index contributed by atoms with van der Waals surface area (Å²) in [6, 6.07) is 13.7. The fourth-order valence-electron chi connectivity index (χ4n) is 3.32. The van der Waals surface area contributed by atoms with Gasteiger partial charge in [-0.05, 0) is 42.9 Å². The van der Waals surface area contributed by atoms with E-state index in [1.54, 1.807) is 18.3 Å². The summed E-state index contributed by atoms with van der Waals surface area (Å²) in [5, 5.41) is 15.2. The van der Waals surface area contributed by atoms with Crippen LogP contribution in [0.15, 0.2) is 48.7 Å². The number of piperidine rings is 1. The Labute approximate surface area is 164 Å². The molecule has 7 heteroatoms. The van der Waals surface area contributed by atoms with E-state index in [4.69, 9.17) is 5.11 Å². The maximum Gasteiger partial charge on any atom is 0.407 e. The van der Waals surface area contributed by atoms with Crippen LogP contribution in [0.4, 0.5) is 10.6 Å². The van der Waals surface area contributed by atoms with Crippen LogP contribution in [-0.2, 0) is 6.42 Å². The lowest BCUT2D eigenvalue weighted by Gasteiger charge is -2.29. The lowest BCUT2D eigenvalue weighted by Crippen LogP contribution is -2.40. The summed E-state index contributed by atoms with van der Waals surface area (Å²) in [7, 11) is 0. The van der Waals surface area contributed by atoms with Crippen molar-refractivity contribution in [2.24, 2.45) is 5.92 Å². The molecule has 7 nitrogen and oxygen atoms in total. The number of benzene rings is 1. The zero-order chi connectivity index (χ0) is 19.8. The lowest BCUT2D eigenvalue weighted by atomic mass is 9.97. The molecule has 0 aliphatic carbocycles. The predicted molar refractivity (Wildman–Crippen MR) is 108 cm³/mol. The van der Waals surface area contributed by atoms with Crippen molar-refractivity contribution in [2.75, 3.05) is 31.5 Å². The fraction of sp³-hybridized carbons (Fsp3) is 0.381. The number of carbonyl (C=O) groups excluding carboxylic acids is 1. The molecular formula is C21H26N4O3. The summed E-state index contributed by atoms with van der Waals surface area (Å²) < 4.78 is 0. The number of hydrogen-bond donors (Lipinski definition) is 3. The standard InChI is InChI=1S/C21H26N4O3/c26-20(24-15-17-8-12-25(13-9-17)21(27)28)18-7-11-23-19(14-18)22-10-6-16-4-2-1-3-5-16/h1-5,7,11,14,17H,6,8-10,12-13,15H2,(H,22,23)(H,24,26)(H,27,28). The third-order valence-corrected chi connectivity index (χ3v) is 5.02. The number of likely N-dealkylation sites (tertiary alicyclic amines) is 1. The molecule has 1 aliphatic heterocycles. The summed E-state index contributed by atoms with van der Waals surface area (Å²) in [5.41, 5.74) is 1.82. The third-order valence-electron chi connectivity index (χ3n) is 5.02. The highest BCUT2D eigenvalue weighted by atomic mass is 16.4. The van der Waals surface area contributed by atoms with Gasteiger partial charge in [0.05, 0.1) is 0 Å². The first-order valence-corrected chi connectivity index (χ1v) is 9.62. The first kappa shape index (κ1) is 19.7. The summed E-state index contributed by atoms with van der Waals surface area (Å²) in [4.78, 5) is 29.1. The highest BCUT2D eigenvalue weighted by Gasteiger charge is 2.22. The van der Waals surface area contributed by atoms with Gasteiger partial charge in [-0.25, -0.2) is 9.78 Å². The van der Waals surface area contributed by atoms with E-state index in [2.05, 4.69) is 27.8 Å². The van der Waals surface area contributed by atoms with Crippen LogP contribution in [0.1, 0.15) is 28.8 Å². The molecule has 3 rings (SSSR count). The Morgan fingerprint density at radius 3 is 2.61 bits per heavy atom. The van der Waals surface area contributed by atoms with Crippen LogP contribution in [0.2, 0.25) is 0 Å². The van der Waals surface area contributed by atoms with E-state index in [9.17, 15) is 9.59 Å². The van der Waals surface area contributed by atoms with E-state index in [1.807, 2.05) is 18.2 Å². The van der Waals surface area contributed by atoms with Crippen molar-refractivity contribution >= 4 is 17.8 Å². The zero-order valence-corrected chi connectivity index (χ0v) is 15.8. The van der Waals surface area contributed by atoms with Crippen LogP contribution < -0.4 is 10.6 Å². The van der Waals surface area contributed by atoms with Gasteiger partial charge in [0.1, 0.15) is 5.82 Å². The molecular weight excluding hydrogens is 356 g/mol. The van der Waals surface area contributed by atoms with E-state index >= 15 is 0 Å². The number of carboxylic acid groups (broad SMARTS) is 1. The predicted octanol–water partition coefficient (Wildman–Crippen LogP) is 2.86. The first-order chi connectivity index (χ1) is 13.6. The molecule has 1 aromatic heterocycles. The number of hydrogen-bond acceptors (Lipinski definition) is 4. The summed E-state index contributed by atoms with van der Waals surface area (Å²) >= 11 is 0. The van der Waals surface area contributed by atoms with Crippen LogP contribution >= 0.6 is 0 Å². The highest BCUT2D eigenvalue weighted by molar-refractivity contribution is 5.94. The number of amides is 2. The Morgan fingerprint density at radius 2 is 1.89 bits per heavy atom. The van der Waals surface area contributed by atoms with Gasteiger partial charge in [0.2, 0.25) is 0 Å². The van der Waals surface area contributed by atoms with Crippen LogP contribution in [0.5, 0.6) is 0 Å². The second-order valence-electron chi connectivity index (χ2n) is 7.02. The van der Waals surface area contributed by atoms with E-state index in [1.165, 1.54) is 10.5 Å². The highest BCUT2D eigenvalue weighted by Crippen LogP contribution is 2.16. The Kier molecular flexibility index (Phi) is 6.84. The van der Waals surface area contributed by atoms with Crippen molar-refractivity contribution in [2.45, 2.75) is 19.3 Å². The normalized spacial score (nSPS) is 14.5. The van der Waals surface area contributed by atoms with Gasteiger partial charge in [0.25, 0.3) is 5.91 Å². The number of nitrogens with zero attached hydrogens (tertiary/aromatic N) is 2. The molecule has 1 aliphatic rings. The fourth-order valence-corrected chi connectivity index (χ4v) is 3.32. The molecule has 0 bridgehead atoms. The third kappa shape index (κ3) is 5.70. The smallest absolute Gasteiger partial charge is 0.407 e. The summed E-state index contributed by atoms with van der Waals surface area (Å²) in [6.45, 7) is 2.36. The van der Waals surface area contributed by atoms with E-state index in [0.29, 0.717) is 36.9 Å². The molecule has 0 spiro atoms. The average molecular weight is 382 g/mol. The Hall–Kier alpha value is -3.09. The van der Waals surface area contributed by atoms with Gasteiger partial charge in [-0.3, -0.25) is 4.79 Å². The molecule has 2 heterocycles. The van der Waals surface area contributed by atoms with Crippen LogP contribution in [0.3, 0.4) is 0 Å². The van der Waals surface area contributed by atoms with Gasteiger partial charge in [-0.1, -0.05) is 30.3 Å². The van der Waals surface area contributed by atoms with Crippen molar-refractivity contribution in [1.29, 1.82) is 0 Å². The first-order valence-electron chi connectivity index (χ1n) is 9.62. The van der Waals surface area contributed by atoms with Gasteiger partial charge in [-0.15, -0.1) is 0 Å². The molecule has 0 radical (unpaired) electrons. The number of nitrogens with one attached hydrogen (secondary N) is 2. The topological polar surface area (TPSA) is 94.6 Å². The number of anilines is 1. The Balaban J connectivity index is 1.44. The Morgan fingerprint density at radius 1 is 1.14 bits per heavy atom. The lowest BCUT2D eigenvalue weighted by molar-refractivity contribution is 0.0928. The van der Waals surface area contributed by atoms with Crippen molar-refractivity contribution in [3.8, 4) is 0 Å². The Bertz CT molecular complexity index is 789. The van der Waals surface area contributed by atoms with Crippen LogP contribution in [0, 0.1) is 5.92 Å². The average Bonchev–Trinajstić information content (AvgIpc) is 2.73. The number of aromatic nitrogens is 1. The number of carbonyl (C=O) groups is 2. The SMILES string of the molecule is O=C(NCC1CCN(C(=O)O)CC1)c1ccnc(NCCc2ccccc2)c1. The molecule has 1 aromatic carbocycles. The minimum Gasteiger partial charge on any atom is -0.465 e. The molecule has 148 valence electrons. The minimum atomic E-state index is -0.869. The molecule has 2 aromatic rings. The minimum absolute atomic E-state index is 0.130. The van der Waals surface area contributed by atoms with Crippen molar-refractivity contribution in [3.63, 3.8) is 0 Å². The van der Waals surface area contributed by atoms with Gasteiger partial charge in [-0.2, -0.15) is 0 Å². The van der Waals surface area contributed by atoms with Crippen molar-refractivity contribution < 1.29 is 14.7 Å². The van der Waals surface area contributed by atoms with Crippen LogP contribution in [0.25, 0.3) is 0 Å². The molecule has 28 heavy (non-hydrogen) atoms. The second kappa shape index (κ2) is 9.73. The molecule has 0 saturated carbocycles. The zero-order valence-electron chi connectivity index (χ0n) is 15.8. The second-order valence-corrected chi connectivity index (χ2v) is 7.02. The molecule has 2 amide bonds. The maximum atomic E-state index is 12.4. The molecule has 0 atom stereocenters. The molecule has 1 fully saturated rings. The van der Waals surface area contributed by atoms with Gasteiger partial charge in [0.15, 0.2) is 0 Å². The van der Waals surface area contributed by atoms with Crippen LogP contribution in [-0.4, -0.2) is 53.2 Å². The molecule has 0 unspecified atom stereocenters. The van der Waals surface area contributed by atoms with Crippen molar-refractivity contribution in [1.82, 2.24) is 15.2 Å². The van der Waals surface area contributed by atoms with Gasteiger partial charge < -0.3 is 20.6 Å². The quantitative estimate of drug-likeness (QED) is 0.684. The van der Waals surface area contributed by atoms with Crippen molar-refractivity contribution in [3.05, 3.63) is 59.8 Å². The number of pyridine rings is 1. The van der Waals surface area contributed by atoms with E-state index in [0.717, 1.165) is 25.8 Å². The largest absolute Gasteiger partial charge is 0.465 e. The van der Waals surface area contributed by atoms with Gasteiger partial charge in [0, 0.05) is 37.9 Å². The maximum absolute atomic E-state index is 12.4. The van der Waals surface area contributed by atoms with Gasteiger partial charge >= 0.3 is 6.09 Å².